The summed E-state index contributed by atoms with van der Waals surface area (Å²) >= 11 is 0. The van der Waals surface area contributed by atoms with Crippen molar-refractivity contribution in [1.29, 1.82) is 0 Å². The van der Waals surface area contributed by atoms with Crippen molar-refractivity contribution >= 4 is 28.2 Å². The molecule has 1 amide bonds. The number of aromatic amines is 1. The molecule has 4 aromatic rings. The van der Waals surface area contributed by atoms with Crippen LogP contribution in [0.25, 0.3) is 21.9 Å². The third-order valence-electron chi connectivity index (χ3n) is 6.14. The van der Waals surface area contributed by atoms with Gasteiger partial charge in [0.1, 0.15) is 5.82 Å². The number of benzene rings is 1. The predicted octanol–water partition coefficient (Wildman–Crippen LogP) is 4.04. The lowest BCUT2D eigenvalue weighted by Gasteiger charge is -2.12. The molecule has 3 unspecified atom stereocenters. The average molecular weight is 416 g/mol. The van der Waals surface area contributed by atoms with E-state index in [1.807, 2.05) is 19.9 Å². The molecule has 0 spiro atoms. The van der Waals surface area contributed by atoms with Gasteiger partial charge in [-0.25, -0.2) is 14.4 Å². The third-order valence-corrected chi connectivity index (χ3v) is 6.14. The molecule has 3 atom stereocenters. The molecule has 0 aliphatic heterocycles. The number of hydrogen-bond donors (Lipinski definition) is 3. The summed E-state index contributed by atoms with van der Waals surface area (Å²) in [4.78, 5) is 28.3. The van der Waals surface area contributed by atoms with Crippen LogP contribution in [0.1, 0.15) is 24.1 Å². The number of hydrogen-bond acceptors (Lipinski definition) is 5. The van der Waals surface area contributed by atoms with Crippen LogP contribution in [0.4, 0.5) is 15.9 Å². The van der Waals surface area contributed by atoms with Crippen molar-refractivity contribution in [2.75, 3.05) is 11.1 Å². The molecule has 3 heterocycles. The second-order valence-corrected chi connectivity index (χ2v) is 8.04. The third kappa shape index (κ3) is 3.20. The highest BCUT2D eigenvalue weighted by molar-refractivity contribution is 6.00. The van der Waals surface area contributed by atoms with Gasteiger partial charge in [-0.05, 0) is 42.0 Å². The van der Waals surface area contributed by atoms with E-state index in [9.17, 15) is 9.18 Å². The van der Waals surface area contributed by atoms with Gasteiger partial charge < -0.3 is 16.0 Å². The number of nitrogens with one attached hydrogen (secondary N) is 2. The minimum absolute atomic E-state index is 0.0243. The number of amides is 1. The number of rotatable bonds is 4. The maximum atomic E-state index is 15.0. The fourth-order valence-corrected chi connectivity index (χ4v) is 4.31. The first-order valence-corrected chi connectivity index (χ1v) is 10.0. The number of nitrogen functional groups attached to an aromatic ring is 1. The fourth-order valence-electron chi connectivity index (χ4n) is 4.31. The largest absolute Gasteiger partial charge is 0.396 e. The monoisotopic (exact) mass is 416 g/mol. The zero-order valence-corrected chi connectivity index (χ0v) is 17.1. The van der Waals surface area contributed by atoms with Crippen molar-refractivity contribution in [2.24, 2.45) is 11.8 Å². The minimum atomic E-state index is -0.503. The molecule has 0 saturated heterocycles. The number of anilines is 2. The maximum Gasteiger partial charge on any atom is 0.229 e. The van der Waals surface area contributed by atoms with Gasteiger partial charge in [0.15, 0.2) is 5.82 Å². The normalized spacial score (nSPS) is 20.0. The van der Waals surface area contributed by atoms with Crippen LogP contribution in [0.15, 0.2) is 49.3 Å². The molecule has 4 N–H and O–H groups in total. The van der Waals surface area contributed by atoms with E-state index in [4.69, 9.17) is 5.73 Å². The molecule has 1 aliphatic rings. The van der Waals surface area contributed by atoms with Crippen LogP contribution in [0.2, 0.25) is 0 Å². The SMILES string of the molecule is Cc1ccncc1-c1cc2cc(NC(=O)C3C(C)C3c3cnc[nH]3)ncc2c(N)c1F. The Kier molecular flexibility index (Phi) is 4.43. The molecular formula is C23H21FN6O. The van der Waals surface area contributed by atoms with E-state index in [2.05, 4.69) is 25.3 Å². The van der Waals surface area contributed by atoms with Crippen molar-refractivity contribution in [3.8, 4) is 11.1 Å². The second kappa shape index (κ2) is 7.16. The van der Waals surface area contributed by atoms with Crippen molar-refractivity contribution in [2.45, 2.75) is 19.8 Å². The minimum Gasteiger partial charge on any atom is -0.396 e. The van der Waals surface area contributed by atoms with Crippen molar-refractivity contribution < 1.29 is 9.18 Å². The molecular weight excluding hydrogens is 395 g/mol. The molecule has 3 aromatic heterocycles. The van der Waals surface area contributed by atoms with Crippen LogP contribution in [0.3, 0.4) is 0 Å². The van der Waals surface area contributed by atoms with Gasteiger partial charge in [0.25, 0.3) is 0 Å². The van der Waals surface area contributed by atoms with Crippen molar-refractivity contribution in [3.05, 3.63) is 66.4 Å². The zero-order chi connectivity index (χ0) is 21.7. The summed E-state index contributed by atoms with van der Waals surface area (Å²) in [7, 11) is 0. The molecule has 0 bridgehead atoms. The van der Waals surface area contributed by atoms with Gasteiger partial charge in [-0.1, -0.05) is 6.92 Å². The van der Waals surface area contributed by atoms with Gasteiger partial charge in [0.2, 0.25) is 5.91 Å². The van der Waals surface area contributed by atoms with E-state index < -0.39 is 5.82 Å². The number of carbonyl (C=O) groups is 1. The van der Waals surface area contributed by atoms with Gasteiger partial charge >= 0.3 is 0 Å². The second-order valence-electron chi connectivity index (χ2n) is 8.04. The topological polar surface area (TPSA) is 110 Å². The Balaban J connectivity index is 1.47. The maximum absolute atomic E-state index is 15.0. The molecule has 7 nitrogen and oxygen atoms in total. The number of H-pyrrole nitrogens is 1. The van der Waals surface area contributed by atoms with E-state index in [0.29, 0.717) is 27.7 Å². The number of nitrogens with zero attached hydrogens (tertiary/aromatic N) is 3. The van der Waals surface area contributed by atoms with Crippen molar-refractivity contribution in [1.82, 2.24) is 19.9 Å². The first-order valence-electron chi connectivity index (χ1n) is 10.0. The lowest BCUT2D eigenvalue weighted by Crippen LogP contribution is -2.16. The van der Waals surface area contributed by atoms with Crippen LogP contribution in [-0.4, -0.2) is 25.8 Å². The molecule has 1 aliphatic carbocycles. The van der Waals surface area contributed by atoms with E-state index >= 15 is 0 Å². The van der Waals surface area contributed by atoms with Crippen LogP contribution >= 0.6 is 0 Å². The lowest BCUT2D eigenvalue weighted by molar-refractivity contribution is -0.117. The fraction of sp³-hybridized carbons (Fsp3) is 0.217. The molecule has 31 heavy (non-hydrogen) atoms. The summed E-state index contributed by atoms with van der Waals surface area (Å²) in [5.74, 6) is -0.0166. The number of nitrogens with two attached hydrogens (primary N) is 1. The number of halogens is 1. The zero-order valence-electron chi connectivity index (χ0n) is 17.1. The standard InChI is InChI=1S/C23H21FN6O/c1-11-3-4-26-7-15(11)14-5-13-6-18(28-8-16(13)22(25)21(14)24)30-23(31)20-12(2)19(20)17-9-27-10-29-17/h3-10,12,19-20H,25H2,1-2H3,(H,27,29)(H,28,30,31). The van der Waals surface area contributed by atoms with Gasteiger partial charge in [0, 0.05) is 52.9 Å². The Morgan fingerprint density at radius 1 is 1.19 bits per heavy atom. The Labute approximate surface area is 177 Å². The highest BCUT2D eigenvalue weighted by Gasteiger charge is 2.53. The van der Waals surface area contributed by atoms with Gasteiger partial charge in [-0.3, -0.25) is 9.78 Å². The quantitative estimate of drug-likeness (QED) is 0.435. The molecule has 1 saturated carbocycles. The highest BCUT2D eigenvalue weighted by atomic mass is 19.1. The number of carbonyl (C=O) groups excluding carboxylic acids is 1. The molecule has 5 rings (SSSR count). The van der Waals surface area contributed by atoms with Gasteiger partial charge in [0.05, 0.1) is 17.9 Å². The van der Waals surface area contributed by atoms with Gasteiger partial charge in [-0.15, -0.1) is 0 Å². The van der Waals surface area contributed by atoms with Crippen LogP contribution in [-0.2, 0) is 4.79 Å². The summed E-state index contributed by atoms with van der Waals surface area (Å²) in [6.07, 6.45) is 8.14. The first kappa shape index (κ1) is 19.2. The Morgan fingerprint density at radius 3 is 2.77 bits per heavy atom. The van der Waals surface area contributed by atoms with E-state index in [-0.39, 0.29) is 29.3 Å². The number of pyridine rings is 2. The molecule has 0 radical (unpaired) electrons. The van der Waals surface area contributed by atoms with E-state index in [0.717, 1.165) is 11.3 Å². The molecule has 1 fully saturated rings. The Morgan fingerprint density at radius 2 is 2.03 bits per heavy atom. The molecule has 156 valence electrons. The predicted molar refractivity (Wildman–Crippen MR) is 117 cm³/mol. The molecule has 1 aromatic carbocycles. The van der Waals surface area contributed by atoms with Crippen LogP contribution < -0.4 is 11.1 Å². The van der Waals surface area contributed by atoms with Gasteiger partial charge in [-0.2, -0.15) is 0 Å². The van der Waals surface area contributed by atoms with E-state index in [1.165, 1.54) is 6.20 Å². The average Bonchev–Trinajstić information content (AvgIpc) is 3.16. The van der Waals surface area contributed by atoms with Crippen LogP contribution in [0, 0.1) is 24.6 Å². The number of imidazole rings is 1. The molecule has 8 heteroatoms. The highest BCUT2D eigenvalue weighted by Crippen LogP contribution is 2.53. The summed E-state index contributed by atoms with van der Waals surface area (Å²) in [6, 6.07) is 5.26. The number of aromatic nitrogens is 4. The smallest absolute Gasteiger partial charge is 0.229 e. The van der Waals surface area contributed by atoms with Crippen molar-refractivity contribution in [3.63, 3.8) is 0 Å². The first-order chi connectivity index (χ1) is 15.0. The Hall–Kier alpha value is -3.81. The Bertz CT molecular complexity index is 1300. The summed E-state index contributed by atoms with van der Waals surface area (Å²) in [5, 5.41) is 4.08. The van der Waals surface area contributed by atoms with Crippen LogP contribution in [0.5, 0.6) is 0 Å². The summed E-state index contributed by atoms with van der Waals surface area (Å²) < 4.78 is 15.0. The number of fused-ring (bicyclic) bond motifs is 1. The summed E-state index contributed by atoms with van der Waals surface area (Å²) in [5.41, 5.74) is 8.99. The number of aryl methyl sites for hydroxylation is 1. The van der Waals surface area contributed by atoms with E-state index in [1.54, 1.807) is 37.1 Å². The summed E-state index contributed by atoms with van der Waals surface area (Å²) in [6.45, 7) is 3.93. The lowest BCUT2D eigenvalue weighted by atomic mass is 9.98.